The third kappa shape index (κ3) is 2.51. The molecule has 1 heterocycles. The van der Waals surface area contributed by atoms with Gasteiger partial charge in [-0.25, -0.2) is 4.39 Å². The number of hydrogen-bond acceptors (Lipinski definition) is 2. The summed E-state index contributed by atoms with van der Waals surface area (Å²) in [6, 6.07) is 6.51. The van der Waals surface area contributed by atoms with E-state index in [9.17, 15) is 4.39 Å². The third-order valence-corrected chi connectivity index (χ3v) is 4.46. The average molecular weight is 270 g/mol. The number of hydrogen-bond donors (Lipinski definition) is 1. The molecule has 2 rings (SSSR count). The molecule has 0 aliphatic carbocycles. The van der Waals surface area contributed by atoms with Crippen LogP contribution in [-0.4, -0.2) is 7.05 Å². The fraction of sp³-hybridized carbons (Fsp3) is 0.231. The molecule has 1 aromatic heterocycles. The van der Waals surface area contributed by atoms with Gasteiger partial charge in [0, 0.05) is 4.88 Å². The first-order valence-corrected chi connectivity index (χ1v) is 6.55. The van der Waals surface area contributed by atoms with Gasteiger partial charge in [0.05, 0.1) is 11.1 Å². The number of thiophene rings is 1. The van der Waals surface area contributed by atoms with Gasteiger partial charge in [-0.15, -0.1) is 11.3 Å². The van der Waals surface area contributed by atoms with Gasteiger partial charge in [0.1, 0.15) is 5.82 Å². The van der Waals surface area contributed by atoms with Gasteiger partial charge in [-0.2, -0.15) is 0 Å². The van der Waals surface area contributed by atoms with Crippen molar-refractivity contribution in [3.8, 4) is 0 Å². The Kier molecular flexibility index (Phi) is 3.82. The smallest absolute Gasteiger partial charge is 0.123 e. The average Bonchev–Trinajstić information content (AvgIpc) is 2.65. The van der Waals surface area contributed by atoms with Gasteiger partial charge < -0.3 is 5.32 Å². The number of benzene rings is 1. The van der Waals surface area contributed by atoms with Crippen LogP contribution in [0.1, 0.15) is 22.0 Å². The Morgan fingerprint density at radius 2 is 1.94 bits per heavy atom. The summed E-state index contributed by atoms with van der Waals surface area (Å²) in [6.45, 7) is 1.99. The van der Waals surface area contributed by atoms with Crippen molar-refractivity contribution >= 4 is 22.9 Å². The molecule has 2 aromatic rings. The highest BCUT2D eigenvalue weighted by Gasteiger charge is 2.18. The van der Waals surface area contributed by atoms with E-state index in [1.165, 1.54) is 12.1 Å². The normalized spacial score (nSPS) is 12.7. The number of nitrogens with one attached hydrogen (secondary N) is 1. The maximum absolute atomic E-state index is 12.9. The highest BCUT2D eigenvalue weighted by molar-refractivity contribution is 7.10. The fourth-order valence-corrected chi connectivity index (χ4v) is 3.19. The lowest BCUT2D eigenvalue weighted by molar-refractivity contribution is 0.624. The van der Waals surface area contributed by atoms with E-state index >= 15 is 0 Å². The van der Waals surface area contributed by atoms with Crippen LogP contribution in [0, 0.1) is 12.7 Å². The van der Waals surface area contributed by atoms with Gasteiger partial charge in [-0.3, -0.25) is 0 Å². The first-order chi connectivity index (χ1) is 8.13. The maximum atomic E-state index is 12.9. The van der Waals surface area contributed by atoms with Gasteiger partial charge in [0.25, 0.3) is 0 Å². The van der Waals surface area contributed by atoms with Gasteiger partial charge >= 0.3 is 0 Å². The van der Waals surface area contributed by atoms with Crippen LogP contribution in [0.15, 0.2) is 29.6 Å². The molecule has 0 aliphatic rings. The predicted octanol–water partition coefficient (Wildman–Crippen LogP) is 4.16. The van der Waals surface area contributed by atoms with Crippen molar-refractivity contribution in [1.82, 2.24) is 5.32 Å². The van der Waals surface area contributed by atoms with Crippen LogP contribution < -0.4 is 5.32 Å². The summed E-state index contributed by atoms with van der Waals surface area (Å²) in [5.41, 5.74) is 2.09. The van der Waals surface area contributed by atoms with Gasteiger partial charge in [-0.05, 0) is 42.6 Å². The SMILES string of the molecule is CNC(c1ccc(F)cc1)c1scc(C)c1Cl. The summed E-state index contributed by atoms with van der Waals surface area (Å²) >= 11 is 7.88. The lowest BCUT2D eigenvalue weighted by atomic mass is 10.1. The molecule has 17 heavy (non-hydrogen) atoms. The summed E-state index contributed by atoms with van der Waals surface area (Å²) in [7, 11) is 1.87. The Bertz CT molecular complexity index is 507. The highest BCUT2D eigenvalue weighted by Crippen LogP contribution is 2.35. The molecule has 4 heteroatoms. The molecule has 0 spiro atoms. The Morgan fingerprint density at radius 1 is 1.29 bits per heavy atom. The Hall–Kier alpha value is -0.900. The Labute approximate surface area is 109 Å². The maximum Gasteiger partial charge on any atom is 0.123 e. The lowest BCUT2D eigenvalue weighted by Gasteiger charge is -2.15. The van der Waals surface area contributed by atoms with Crippen LogP contribution in [-0.2, 0) is 0 Å². The highest BCUT2D eigenvalue weighted by atomic mass is 35.5. The fourth-order valence-electron chi connectivity index (χ4n) is 1.75. The topological polar surface area (TPSA) is 12.0 Å². The van der Waals surface area contributed by atoms with E-state index in [-0.39, 0.29) is 11.9 Å². The van der Waals surface area contributed by atoms with Crippen molar-refractivity contribution < 1.29 is 4.39 Å². The number of aryl methyl sites for hydroxylation is 1. The van der Waals surface area contributed by atoms with Gasteiger partial charge in [0.15, 0.2) is 0 Å². The Balaban J connectivity index is 2.40. The summed E-state index contributed by atoms with van der Waals surface area (Å²) < 4.78 is 12.9. The van der Waals surface area contributed by atoms with Crippen molar-refractivity contribution in [2.24, 2.45) is 0 Å². The minimum absolute atomic E-state index is 0.0156. The molecule has 0 aliphatic heterocycles. The Morgan fingerprint density at radius 3 is 2.41 bits per heavy atom. The molecule has 90 valence electrons. The van der Waals surface area contributed by atoms with E-state index in [2.05, 4.69) is 5.32 Å². The van der Waals surface area contributed by atoms with Crippen molar-refractivity contribution in [3.05, 3.63) is 56.5 Å². The second-order valence-corrected chi connectivity index (χ2v) is 5.16. The summed E-state index contributed by atoms with van der Waals surface area (Å²) in [4.78, 5) is 1.07. The molecule has 0 bridgehead atoms. The lowest BCUT2D eigenvalue weighted by Crippen LogP contribution is -2.16. The van der Waals surface area contributed by atoms with Crippen LogP contribution in [0.25, 0.3) is 0 Å². The molecule has 0 radical (unpaired) electrons. The van der Waals surface area contributed by atoms with Gasteiger partial charge in [0.2, 0.25) is 0 Å². The summed E-state index contributed by atoms with van der Waals surface area (Å²) in [5, 5.41) is 6.04. The van der Waals surface area contributed by atoms with E-state index < -0.39 is 0 Å². The molecule has 1 nitrogen and oxygen atoms in total. The molecule has 1 atom stereocenters. The second kappa shape index (κ2) is 5.17. The zero-order chi connectivity index (χ0) is 12.4. The standard InChI is InChI=1S/C13H13ClFNS/c1-8-7-17-13(11(8)14)12(16-2)9-3-5-10(15)6-4-9/h3-7,12,16H,1-2H3. The molecular weight excluding hydrogens is 257 g/mol. The minimum Gasteiger partial charge on any atom is -0.309 e. The van der Waals surface area contributed by atoms with Crippen molar-refractivity contribution in [1.29, 1.82) is 0 Å². The van der Waals surface area contributed by atoms with Crippen LogP contribution >= 0.6 is 22.9 Å². The van der Waals surface area contributed by atoms with E-state index in [1.54, 1.807) is 23.5 Å². The molecule has 0 amide bonds. The monoisotopic (exact) mass is 269 g/mol. The van der Waals surface area contributed by atoms with E-state index in [4.69, 9.17) is 11.6 Å². The van der Waals surface area contributed by atoms with Crippen molar-refractivity contribution in [2.75, 3.05) is 7.05 Å². The largest absolute Gasteiger partial charge is 0.309 e. The van der Waals surface area contributed by atoms with Crippen LogP contribution in [0.5, 0.6) is 0 Å². The molecule has 1 unspecified atom stereocenters. The molecule has 1 aromatic carbocycles. The van der Waals surface area contributed by atoms with Crippen molar-refractivity contribution in [3.63, 3.8) is 0 Å². The van der Waals surface area contributed by atoms with Crippen LogP contribution in [0.2, 0.25) is 5.02 Å². The third-order valence-electron chi connectivity index (χ3n) is 2.68. The predicted molar refractivity (Wildman–Crippen MR) is 71.4 cm³/mol. The second-order valence-electron chi connectivity index (χ2n) is 3.87. The van der Waals surface area contributed by atoms with E-state index in [0.29, 0.717) is 0 Å². The minimum atomic E-state index is -0.225. The van der Waals surface area contributed by atoms with Gasteiger partial charge in [-0.1, -0.05) is 23.7 Å². The van der Waals surface area contributed by atoms with E-state index in [1.807, 2.05) is 19.4 Å². The molecule has 0 fully saturated rings. The zero-order valence-electron chi connectivity index (χ0n) is 9.63. The van der Waals surface area contributed by atoms with E-state index in [0.717, 1.165) is 21.0 Å². The first-order valence-electron chi connectivity index (χ1n) is 5.29. The summed E-state index contributed by atoms with van der Waals surface area (Å²) in [6.07, 6.45) is 0. The molecular formula is C13H13ClFNS. The molecule has 0 saturated carbocycles. The molecule has 1 N–H and O–H groups in total. The summed E-state index contributed by atoms with van der Waals surface area (Å²) in [5.74, 6) is -0.225. The van der Waals surface area contributed by atoms with Crippen LogP contribution in [0.4, 0.5) is 4.39 Å². The first kappa shape index (κ1) is 12.6. The number of halogens is 2. The van der Waals surface area contributed by atoms with Crippen LogP contribution in [0.3, 0.4) is 0 Å². The number of rotatable bonds is 3. The van der Waals surface area contributed by atoms with Crippen molar-refractivity contribution in [2.45, 2.75) is 13.0 Å². The zero-order valence-corrected chi connectivity index (χ0v) is 11.2. The quantitative estimate of drug-likeness (QED) is 0.882. The molecule has 0 saturated heterocycles.